The maximum atomic E-state index is 13.2. The van der Waals surface area contributed by atoms with Gasteiger partial charge in [-0.25, -0.2) is 8.78 Å². The molecule has 4 rings (SSSR count). The number of nitrogens with zero attached hydrogens (tertiary/aromatic N) is 6. The Balaban J connectivity index is 0.000000184. The summed E-state index contributed by atoms with van der Waals surface area (Å²) in [6, 6.07) is 12.3. The third-order valence-electron chi connectivity index (χ3n) is 3.04. The van der Waals surface area contributed by atoms with Crippen molar-refractivity contribution in [2.24, 2.45) is 0 Å². The van der Waals surface area contributed by atoms with Crippen LogP contribution in [0.2, 0.25) is 0 Å². The van der Waals surface area contributed by atoms with Gasteiger partial charge >= 0.3 is 0 Å². The number of aromatic nitrogens is 6. The van der Waals surface area contributed by atoms with Gasteiger partial charge in [0.15, 0.2) is 0 Å². The molecular weight excluding hydrogens is 518 g/mol. The fourth-order valence-electron chi connectivity index (χ4n) is 1.93. The van der Waals surface area contributed by atoms with Crippen LogP contribution in [0, 0.1) is 17.8 Å². The second-order valence-electron chi connectivity index (χ2n) is 4.70. The van der Waals surface area contributed by atoms with Gasteiger partial charge in [0, 0.05) is 32.4 Å². The molecule has 0 aliphatic carbocycles. The van der Waals surface area contributed by atoms with Crippen LogP contribution in [-0.4, -0.2) is 25.5 Å². The Labute approximate surface area is 161 Å². The Morgan fingerprint density at radius 3 is 2.46 bits per heavy atom. The summed E-state index contributed by atoms with van der Waals surface area (Å²) in [7, 11) is 0. The molecule has 0 aliphatic heterocycles. The molecule has 3 heterocycles. The molecule has 0 amide bonds. The Bertz CT molecular complexity index is 921. The fraction of sp³-hybridized carbons (Fsp3) is 0. The number of pyridine rings is 2. The van der Waals surface area contributed by atoms with Crippen molar-refractivity contribution in [1.82, 2.24) is 30.6 Å². The van der Waals surface area contributed by atoms with Crippen LogP contribution in [-0.2, 0) is 20.1 Å². The second-order valence-corrected chi connectivity index (χ2v) is 4.70. The van der Waals surface area contributed by atoms with E-state index in [4.69, 9.17) is 0 Å². The van der Waals surface area contributed by atoms with Crippen LogP contribution in [0.3, 0.4) is 0 Å². The Kier molecular flexibility index (Phi) is 7.13. The number of benzene rings is 1. The van der Waals surface area contributed by atoms with Gasteiger partial charge in [-0.1, -0.05) is 23.9 Å². The van der Waals surface area contributed by atoms with Crippen molar-refractivity contribution in [2.45, 2.75) is 0 Å². The van der Waals surface area contributed by atoms with Crippen molar-refractivity contribution in [1.29, 1.82) is 0 Å². The van der Waals surface area contributed by atoms with Crippen LogP contribution in [0.5, 0.6) is 0 Å². The molecule has 4 aromatic rings. The summed E-state index contributed by atoms with van der Waals surface area (Å²) in [5, 5.41) is 14.0. The van der Waals surface area contributed by atoms with Crippen molar-refractivity contribution in [3.63, 3.8) is 0 Å². The quantitative estimate of drug-likeness (QED) is 0.373. The van der Waals surface area contributed by atoms with Crippen molar-refractivity contribution in [2.75, 3.05) is 0 Å². The van der Waals surface area contributed by atoms with E-state index < -0.39 is 11.6 Å². The fourth-order valence-corrected chi connectivity index (χ4v) is 1.93. The summed E-state index contributed by atoms with van der Waals surface area (Å²) in [6.07, 6.45) is 5.85. The van der Waals surface area contributed by atoms with Crippen molar-refractivity contribution >= 4 is 0 Å². The topological polar surface area (TPSA) is 78.5 Å². The summed E-state index contributed by atoms with van der Waals surface area (Å²) >= 11 is 0. The van der Waals surface area contributed by atoms with E-state index in [0.717, 1.165) is 6.07 Å². The first-order valence-corrected chi connectivity index (χ1v) is 7.12. The van der Waals surface area contributed by atoms with Crippen LogP contribution in [0.4, 0.5) is 8.78 Å². The van der Waals surface area contributed by atoms with Gasteiger partial charge in [-0.05, 0) is 24.4 Å². The van der Waals surface area contributed by atoms with Gasteiger partial charge in [-0.2, -0.15) is 5.21 Å². The minimum absolute atomic E-state index is 0. The molecule has 0 atom stereocenters. The number of halogens is 2. The summed E-state index contributed by atoms with van der Waals surface area (Å²) in [4.78, 5) is 7.76. The standard InChI is InChI=1S/C11H6F2N.C6H4N5.Ir/c12-9-3-4-10(11(13)6-9)8-2-1-5-14-7-8;1-2-4-7-5(3-1)6-8-10-11-9-6;/h1-6H;1-4H;/q2*-1;. The Morgan fingerprint density at radius 2 is 1.85 bits per heavy atom. The first kappa shape index (κ1) is 19.4. The number of hydrogen-bond acceptors (Lipinski definition) is 5. The van der Waals surface area contributed by atoms with Crippen LogP contribution in [0.15, 0.2) is 60.9 Å². The van der Waals surface area contributed by atoms with E-state index in [-0.39, 0.29) is 20.1 Å². The first-order chi connectivity index (χ1) is 12.2. The number of tetrazole rings is 1. The van der Waals surface area contributed by atoms with Gasteiger partial charge in [-0.15, -0.1) is 17.7 Å². The van der Waals surface area contributed by atoms with Crippen LogP contribution in [0.1, 0.15) is 0 Å². The van der Waals surface area contributed by atoms with Gasteiger partial charge in [0.25, 0.3) is 0 Å². The van der Waals surface area contributed by atoms with Gasteiger partial charge in [0.05, 0.1) is 17.3 Å². The maximum Gasteiger partial charge on any atom is 0.124 e. The summed E-state index contributed by atoms with van der Waals surface area (Å²) in [5.41, 5.74) is 1.52. The molecule has 0 fully saturated rings. The van der Waals surface area contributed by atoms with Crippen LogP contribution >= 0.6 is 0 Å². The second kappa shape index (κ2) is 9.55. The normalized spacial score (nSPS) is 9.62. The molecule has 0 unspecified atom stereocenters. The molecule has 0 saturated heterocycles. The predicted molar refractivity (Wildman–Crippen MR) is 84.8 cm³/mol. The molecule has 1 radical (unpaired) electrons. The summed E-state index contributed by atoms with van der Waals surface area (Å²) in [5.74, 6) is -0.727. The van der Waals surface area contributed by atoms with Gasteiger partial charge in [-0.3, -0.25) is 15.3 Å². The predicted octanol–water partition coefficient (Wildman–Crippen LogP) is 2.72. The SMILES string of the molecule is Fc1ccc(-c2[c-]nccc2)c(F)c1.[Ir].c1ccc(-c2nnn[n-]2)nc1. The third-order valence-corrected chi connectivity index (χ3v) is 3.04. The van der Waals surface area contributed by atoms with E-state index in [1.807, 2.05) is 12.1 Å². The van der Waals surface area contributed by atoms with Crippen molar-refractivity contribution in [3.8, 4) is 22.6 Å². The van der Waals surface area contributed by atoms with Gasteiger partial charge in [0.2, 0.25) is 0 Å². The summed E-state index contributed by atoms with van der Waals surface area (Å²) in [6.45, 7) is 0. The molecule has 3 aromatic heterocycles. The smallest absolute Gasteiger partial charge is 0.124 e. The molecular formula is C17H10F2IrN6-2. The Morgan fingerprint density at radius 1 is 0.962 bits per heavy atom. The molecule has 0 aliphatic rings. The van der Waals surface area contributed by atoms with Crippen LogP contribution < -0.4 is 5.10 Å². The van der Waals surface area contributed by atoms with E-state index >= 15 is 0 Å². The van der Waals surface area contributed by atoms with Crippen molar-refractivity contribution in [3.05, 3.63) is 78.8 Å². The molecule has 0 saturated carbocycles. The summed E-state index contributed by atoms with van der Waals surface area (Å²) < 4.78 is 25.8. The monoisotopic (exact) mass is 529 g/mol. The van der Waals surface area contributed by atoms with E-state index in [2.05, 4.69) is 36.8 Å². The largest absolute Gasteiger partial charge is 0.360 e. The molecule has 6 nitrogen and oxygen atoms in total. The van der Waals surface area contributed by atoms with E-state index in [1.165, 1.54) is 12.1 Å². The number of hydrogen-bond donors (Lipinski definition) is 0. The van der Waals surface area contributed by atoms with Crippen molar-refractivity contribution < 1.29 is 28.9 Å². The van der Waals surface area contributed by atoms with E-state index in [9.17, 15) is 8.78 Å². The average molecular weight is 529 g/mol. The molecule has 9 heteroatoms. The van der Waals surface area contributed by atoms with Gasteiger partial charge < -0.3 is 10.1 Å². The molecule has 0 spiro atoms. The molecule has 0 bridgehead atoms. The zero-order valence-electron chi connectivity index (χ0n) is 13.0. The third kappa shape index (κ3) is 5.05. The van der Waals surface area contributed by atoms with Crippen LogP contribution in [0.25, 0.3) is 22.6 Å². The van der Waals surface area contributed by atoms with E-state index in [0.29, 0.717) is 22.6 Å². The minimum atomic E-state index is -0.603. The zero-order valence-corrected chi connectivity index (χ0v) is 15.4. The molecule has 133 valence electrons. The van der Waals surface area contributed by atoms with E-state index in [1.54, 1.807) is 30.6 Å². The number of rotatable bonds is 2. The maximum absolute atomic E-state index is 13.2. The zero-order chi connectivity index (χ0) is 17.5. The first-order valence-electron chi connectivity index (χ1n) is 7.12. The molecule has 26 heavy (non-hydrogen) atoms. The average Bonchev–Trinajstić information content (AvgIpc) is 3.19. The van der Waals surface area contributed by atoms with Gasteiger partial charge in [0.1, 0.15) is 5.82 Å². The minimum Gasteiger partial charge on any atom is -0.360 e. The molecule has 0 N–H and O–H groups in total. The Hall–Kier alpha value is -2.90. The molecule has 1 aromatic carbocycles.